The Bertz CT molecular complexity index is 716. The minimum atomic E-state index is -1.07. The summed E-state index contributed by atoms with van der Waals surface area (Å²) in [6, 6.07) is 1.59. The maximum absolute atomic E-state index is 14.2. The summed E-state index contributed by atoms with van der Waals surface area (Å²) in [5, 5.41) is 2.10. The Morgan fingerprint density at radius 2 is 1.92 bits per heavy atom. The number of imide groups is 2. The minimum absolute atomic E-state index is 0.0219. The molecule has 0 aliphatic carbocycles. The highest BCUT2D eigenvalue weighted by molar-refractivity contribution is 6.07. The van der Waals surface area contributed by atoms with Crippen molar-refractivity contribution in [1.82, 2.24) is 10.2 Å². The Kier molecular flexibility index (Phi) is 7.61. The Labute approximate surface area is 152 Å². The Morgan fingerprint density at radius 1 is 1.31 bits per heavy atom. The van der Waals surface area contributed by atoms with Crippen LogP contribution in [-0.4, -0.2) is 35.1 Å². The Balaban J connectivity index is 0.00000163. The van der Waals surface area contributed by atoms with Gasteiger partial charge in [-0.05, 0) is 36.5 Å². The average molecular weight is 364 g/mol. The van der Waals surface area contributed by atoms with Crippen LogP contribution in [-0.2, 0) is 14.4 Å². The van der Waals surface area contributed by atoms with E-state index in [0.717, 1.165) is 11.0 Å². The predicted molar refractivity (Wildman–Crippen MR) is 95.0 cm³/mol. The molecule has 4 amide bonds. The lowest BCUT2D eigenvalue weighted by Crippen LogP contribution is -2.53. The summed E-state index contributed by atoms with van der Waals surface area (Å²) in [7, 11) is 0. The van der Waals surface area contributed by atoms with Crippen LogP contribution in [0, 0.1) is 12.7 Å². The second-order valence-corrected chi connectivity index (χ2v) is 6.13. The number of aryl methyl sites for hydroxylation is 1. The van der Waals surface area contributed by atoms with Crippen LogP contribution in [0.25, 0.3) is 0 Å². The molecular weight excluding hydrogens is 339 g/mol. The van der Waals surface area contributed by atoms with E-state index in [4.69, 9.17) is 0 Å². The van der Waals surface area contributed by atoms with Crippen molar-refractivity contribution in [3.63, 3.8) is 0 Å². The predicted octanol–water partition coefficient (Wildman–Crippen LogP) is 2.69. The van der Waals surface area contributed by atoms with Gasteiger partial charge in [0.25, 0.3) is 5.91 Å². The summed E-state index contributed by atoms with van der Waals surface area (Å²) in [5.74, 6) is -2.49. The lowest BCUT2D eigenvalue weighted by molar-refractivity contribution is -0.139. The number of benzene rings is 1. The highest BCUT2D eigenvalue weighted by Crippen LogP contribution is 2.24. The molecule has 0 aromatic heterocycles. The summed E-state index contributed by atoms with van der Waals surface area (Å²) in [5.41, 5.74) is 1.01. The third-order valence-corrected chi connectivity index (χ3v) is 4.09. The number of amides is 4. The zero-order valence-corrected chi connectivity index (χ0v) is 15.8. The topological polar surface area (TPSA) is 83.6 Å². The number of carbonyl (C=O) groups excluding carboxylic acids is 4. The first kappa shape index (κ1) is 21.5. The molecule has 1 N–H and O–H groups in total. The van der Waals surface area contributed by atoms with E-state index in [-0.39, 0.29) is 30.7 Å². The molecule has 26 heavy (non-hydrogen) atoms. The standard InChI is InChI=1S/C17H19FN2O4.C2H6/c1-9(2)11-6-10(3)12(7-13(11)18)17(24)20(8-21)14-4-5-15(22)19-16(14)23;1-2/h6-9,14H,4-5H2,1-3H3,(H,19,22,23);1-2H3. The molecule has 1 aliphatic heterocycles. The Morgan fingerprint density at radius 3 is 2.42 bits per heavy atom. The fraction of sp³-hybridized carbons (Fsp3) is 0.474. The quantitative estimate of drug-likeness (QED) is 0.658. The molecule has 0 spiro atoms. The van der Waals surface area contributed by atoms with Gasteiger partial charge in [-0.25, -0.2) is 4.39 Å². The van der Waals surface area contributed by atoms with Crippen LogP contribution in [0.3, 0.4) is 0 Å². The van der Waals surface area contributed by atoms with E-state index in [1.165, 1.54) is 0 Å². The Hall–Kier alpha value is -2.57. The number of piperidine rings is 1. The summed E-state index contributed by atoms with van der Waals surface area (Å²) < 4.78 is 14.2. The zero-order chi connectivity index (χ0) is 20.0. The molecule has 1 saturated heterocycles. The first-order chi connectivity index (χ1) is 12.3. The van der Waals surface area contributed by atoms with Gasteiger partial charge in [-0.2, -0.15) is 0 Å². The molecule has 142 valence electrons. The van der Waals surface area contributed by atoms with E-state index in [9.17, 15) is 23.6 Å². The molecule has 0 bridgehead atoms. The van der Waals surface area contributed by atoms with Gasteiger partial charge in [-0.3, -0.25) is 29.4 Å². The monoisotopic (exact) mass is 364 g/mol. The summed E-state index contributed by atoms with van der Waals surface area (Å²) >= 11 is 0. The van der Waals surface area contributed by atoms with Crippen LogP contribution < -0.4 is 5.32 Å². The van der Waals surface area contributed by atoms with Crippen LogP contribution >= 0.6 is 0 Å². The number of hydrogen-bond donors (Lipinski definition) is 1. The van der Waals surface area contributed by atoms with E-state index < -0.39 is 29.6 Å². The lowest BCUT2D eigenvalue weighted by Gasteiger charge is -2.28. The fourth-order valence-corrected chi connectivity index (χ4v) is 2.73. The maximum Gasteiger partial charge on any atom is 0.261 e. The van der Waals surface area contributed by atoms with Crippen molar-refractivity contribution in [2.45, 2.75) is 59.4 Å². The van der Waals surface area contributed by atoms with Gasteiger partial charge < -0.3 is 0 Å². The van der Waals surface area contributed by atoms with Crippen molar-refractivity contribution in [2.24, 2.45) is 0 Å². The zero-order valence-electron chi connectivity index (χ0n) is 15.8. The number of halogens is 1. The molecule has 1 unspecified atom stereocenters. The van der Waals surface area contributed by atoms with Crippen LogP contribution in [0.4, 0.5) is 4.39 Å². The molecule has 1 aromatic carbocycles. The molecule has 1 fully saturated rings. The number of rotatable bonds is 4. The molecule has 6 nitrogen and oxygen atoms in total. The molecule has 2 rings (SSSR count). The first-order valence-electron chi connectivity index (χ1n) is 8.68. The molecule has 1 aromatic rings. The number of hydrogen-bond acceptors (Lipinski definition) is 4. The molecule has 0 saturated carbocycles. The van der Waals surface area contributed by atoms with Crippen molar-refractivity contribution >= 4 is 24.1 Å². The second kappa shape index (κ2) is 9.22. The molecule has 1 heterocycles. The average Bonchev–Trinajstić information content (AvgIpc) is 2.60. The number of nitrogens with one attached hydrogen (secondary N) is 1. The normalized spacial score (nSPS) is 16.5. The van der Waals surface area contributed by atoms with Gasteiger partial charge >= 0.3 is 0 Å². The van der Waals surface area contributed by atoms with Gasteiger partial charge in [0.1, 0.15) is 11.9 Å². The SMILES string of the molecule is CC.Cc1cc(C(C)C)c(F)cc1C(=O)N(C=O)C1CCC(=O)NC1=O. The third-order valence-electron chi connectivity index (χ3n) is 4.09. The van der Waals surface area contributed by atoms with Gasteiger partial charge in [-0.15, -0.1) is 0 Å². The van der Waals surface area contributed by atoms with Crippen molar-refractivity contribution in [3.05, 3.63) is 34.6 Å². The van der Waals surface area contributed by atoms with Crippen LogP contribution in [0.15, 0.2) is 12.1 Å². The highest BCUT2D eigenvalue weighted by Gasteiger charge is 2.35. The van der Waals surface area contributed by atoms with Crippen LogP contribution in [0.2, 0.25) is 0 Å². The molecular formula is C19H25FN2O4. The third kappa shape index (κ3) is 4.53. The van der Waals surface area contributed by atoms with Crippen molar-refractivity contribution in [2.75, 3.05) is 0 Å². The number of carbonyl (C=O) groups is 4. The van der Waals surface area contributed by atoms with Crippen LogP contribution in [0.1, 0.15) is 67.9 Å². The summed E-state index contributed by atoms with van der Waals surface area (Å²) in [6.45, 7) is 9.31. The van der Waals surface area contributed by atoms with Crippen molar-refractivity contribution < 1.29 is 23.6 Å². The van der Waals surface area contributed by atoms with Gasteiger partial charge in [-0.1, -0.05) is 33.8 Å². The van der Waals surface area contributed by atoms with Crippen molar-refractivity contribution in [3.8, 4) is 0 Å². The smallest absolute Gasteiger partial charge is 0.261 e. The lowest BCUT2D eigenvalue weighted by atomic mass is 9.96. The molecule has 0 radical (unpaired) electrons. The first-order valence-corrected chi connectivity index (χ1v) is 8.68. The van der Waals surface area contributed by atoms with Gasteiger partial charge in [0.15, 0.2) is 0 Å². The van der Waals surface area contributed by atoms with E-state index in [0.29, 0.717) is 11.1 Å². The van der Waals surface area contributed by atoms with E-state index in [1.807, 2.05) is 27.7 Å². The van der Waals surface area contributed by atoms with Gasteiger partial charge in [0, 0.05) is 12.0 Å². The maximum atomic E-state index is 14.2. The van der Waals surface area contributed by atoms with Crippen molar-refractivity contribution in [1.29, 1.82) is 0 Å². The second-order valence-electron chi connectivity index (χ2n) is 6.13. The van der Waals surface area contributed by atoms with E-state index in [2.05, 4.69) is 5.32 Å². The largest absolute Gasteiger partial charge is 0.295 e. The van der Waals surface area contributed by atoms with E-state index in [1.54, 1.807) is 13.0 Å². The van der Waals surface area contributed by atoms with Gasteiger partial charge in [0.2, 0.25) is 18.2 Å². The van der Waals surface area contributed by atoms with Gasteiger partial charge in [0.05, 0.1) is 0 Å². The minimum Gasteiger partial charge on any atom is -0.295 e. The molecule has 1 aliphatic rings. The molecule has 1 atom stereocenters. The van der Waals surface area contributed by atoms with E-state index >= 15 is 0 Å². The summed E-state index contributed by atoms with van der Waals surface area (Å²) in [6.07, 6.45) is 0.338. The fourth-order valence-electron chi connectivity index (χ4n) is 2.73. The van der Waals surface area contributed by atoms with Crippen LogP contribution in [0.5, 0.6) is 0 Å². The highest BCUT2D eigenvalue weighted by atomic mass is 19.1. The number of nitrogens with zero attached hydrogens (tertiary/aromatic N) is 1. The molecule has 7 heteroatoms. The summed E-state index contributed by atoms with van der Waals surface area (Å²) in [4.78, 5) is 47.8.